The van der Waals surface area contributed by atoms with E-state index in [1.165, 1.54) is 0 Å². The Morgan fingerprint density at radius 2 is 1.05 bits per heavy atom. The fraction of sp³-hybridized carbons (Fsp3) is 0.257. The maximum Gasteiger partial charge on any atom is 0.140 e. The summed E-state index contributed by atoms with van der Waals surface area (Å²) in [5.41, 5.74) is 4.57. The van der Waals surface area contributed by atoms with Crippen LogP contribution < -0.4 is 19.9 Å². The lowest BCUT2D eigenvalue weighted by Gasteiger charge is -2.31. The first-order valence-electron chi connectivity index (χ1n) is 14.1. The number of benzene rings is 4. The van der Waals surface area contributed by atoms with Gasteiger partial charge in [-0.2, -0.15) is 10.5 Å². The van der Waals surface area contributed by atoms with Crippen molar-refractivity contribution in [3.05, 3.63) is 114 Å². The van der Waals surface area contributed by atoms with Crippen LogP contribution in [0.5, 0.6) is 5.75 Å². The highest BCUT2D eigenvalue weighted by Crippen LogP contribution is 2.39. The van der Waals surface area contributed by atoms with Gasteiger partial charge in [0.2, 0.25) is 0 Å². The largest absolute Gasteiger partial charge is 0.494 e. The van der Waals surface area contributed by atoms with Crippen molar-refractivity contribution in [2.45, 2.75) is 25.4 Å². The lowest BCUT2D eigenvalue weighted by atomic mass is 9.80. The van der Waals surface area contributed by atoms with Crippen LogP contribution in [0.2, 0.25) is 0 Å². The summed E-state index contributed by atoms with van der Waals surface area (Å²) < 4.78 is 5.54. The number of hydrogen-bond donors (Lipinski definition) is 2. The van der Waals surface area contributed by atoms with Crippen molar-refractivity contribution < 1.29 is 9.84 Å². The Bertz CT molecular complexity index is 1440. The number of rotatable bonds is 13. The van der Waals surface area contributed by atoms with Gasteiger partial charge in [0.15, 0.2) is 0 Å². The summed E-state index contributed by atoms with van der Waals surface area (Å²) in [6, 6.07) is 35.7. The van der Waals surface area contributed by atoms with Crippen molar-refractivity contribution in [2.75, 3.05) is 48.9 Å². The Morgan fingerprint density at radius 1 is 0.667 bits per heavy atom. The third-order valence-corrected chi connectivity index (χ3v) is 7.33. The molecule has 42 heavy (non-hydrogen) atoms. The quantitative estimate of drug-likeness (QED) is 0.174. The molecule has 2 N–H and O–H groups in total. The molecule has 0 amide bonds. The number of aliphatic hydroxyl groups is 1. The molecule has 0 saturated heterocycles. The highest BCUT2D eigenvalue weighted by atomic mass is 16.5. The second kappa shape index (κ2) is 14.1. The van der Waals surface area contributed by atoms with Gasteiger partial charge < -0.3 is 25.0 Å². The van der Waals surface area contributed by atoms with Crippen LogP contribution in [-0.4, -0.2) is 38.9 Å². The Hall–Kier alpha value is -4.98. The van der Waals surface area contributed by atoms with Crippen LogP contribution in [0.4, 0.5) is 22.7 Å². The van der Waals surface area contributed by atoms with Crippen LogP contribution in [0, 0.1) is 22.7 Å². The van der Waals surface area contributed by atoms with Gasteiger partial charge in [-0.3, -0.25) is 0 Å². The van der Waals surface area contributed by atoms with Crippen LogP contribution >= 0.6 is 0 Å². The Morgan fingerprint density at radius 3 is 1.43 bits per heavy atom. The van der Waals surface area contributed by atoms with Gasteiger partial charge in [-0.05, 0) is 84.3 Å². The number of anilines is 4. The van der Waals surface area contributed by atoms with Crippen LogP contribution in [0.1, 0.15) is 36.5 Å². The van der Waals surface area contributed by atoms with E-state index in [4.69, 9.17) is 15.3 Å². The van der Waals surface area contributed by atoms with E-state index in [1.807, 2.05) is 128 Å². The van der Waals surface area contributed by atoms with Crippen molar-refractivity contribution in [1.82, 2.24) is 0 Å². The molecule has 4 aromatic rings. The zero-order valence-corrected chi connectivity index (χ0v) is 24.4. The predicted octanol–water partition coefficient (Wildman–Crippen LogP) is 6.81. The molecule has 0 unspecified atom stereocenters. The van der Waals surface area contributed by atoms with Crippen LogP contribution in [-0.2, 0) is 5.60 Å². The lowest BCUT2D eigenvalue weighted by Crippen LogP contribution is -2.29. The van der Waals surface area contributed by atoms with Crippen LogP contribution in [0.25, 0.3) is 0 Å². The summed E-state index contributed by atoms with van der Waals surface area (Å²) in [5.74, 6) is 0.827. The van der Waals surface area contributed by atoms with E-state index >= 15 is 0 Å². The number of hydrogen-bond acceptors (Lipinski definition) is 7. The minimum Gasteiger partial charge on any atom is -0.494 e. The van der Waals surface area contributed by atoms with Gasteiger partial charge >= 0.3 is 0 Å². The van der Waals surface area contributed by atoms with Crippen molar-refractivity contribution in [3.63, 3.8) is 0 Å². The summed E-state index contributed by atoms with van der Waals surface area (Å²) in [6.45, 7) is 3.84. The average molecular weight is 560 g/mol. The number of nitrogens with zero attached hydrogens (tertiary/aromatic N) is 4. The standard InChI is InChI=1S/C35H37N5O2/c1-4-42-34-21-15-31(16-22-34)38-30-13-7-27(8-14-30)35(41,28-9-17-32(18-10-28)39(2)25-5-23-36)29-11-19-33(20-12-29)40(3)26-6-24-37/h7-22,38,41H,4-6,25-26H2,1-3H3. The zero-order chi connectivity index (χ0) is 30.0. The van der Waals surface area contributed by atoms with Gasteiger partial charge in [0.05, 0.1) is 31.6 Å². The molecule has 0 saturated carbocycles. The number of ether oxygens (including phenoxy) is 1. The van der Waals surface area contributed by atoms with Crippen molar-refractivity contribution >= 4 is 22.7 Å². The van der Waals surface area contributed by atoms with E-state index in [-0.39, 0.29) is 0 Å². The molecule has 0 heterocycles. The summed E-state index contributed by atoms with van der Waals surface area (Å²) in [7, 11) is 3.91. The molecule has 0 aliphatic rings. The first-order chi connectivity index (χ1) is 20.4. The molecule has 7 heteroatoms. The normalized spacial score (nSPS) is 10.8. The zero-order valence-electron chi connectivity index (χ0n) is 24.4. The van der Waals surface area contributed by atoms with Gasteiger partial charge in [-0.15, -0.1) is 0 Å². The van der Waals surface area contributed by atoms with Crippen LogP contribution in [0.3, 0.4) is 0 Å². The van der Waals surface area contributed by atoms with Crippen molar-refractivity contribution in [1.29, 1.82) is 10.5 Å². The molecule has 214 valence electrons. The van der Waals surface area contributed by atoms with E-state index < -0.39 is 5.60 Å². The molecule has 0 aromatic heterocycles. The van der Waals surface area contributed by atoms with E-state index in [9.17, 15) is 5.11 Å². The lowest BCUT2D eigenvalue weighted by molar-refractivity contribution is 0.126. The molecule has 7 nitrogen and oxygen atoms in total. The average Bonchev–Trinajstić information content (AvgIpc) is 3.03. The van der Waals surface area contributed by atoms with E-state index in [2.05, 4.69) is 17.5 Å². The summed E-state index contributed by atoms with van der Waals surface area (Å²) >= 11 is 0. The SMILES string of the molecule is CCOc1ccc(Nc2ccc(C(O)(c3ccc(N(C)CCC#N)cc3)c3ccc(N(C)CCC#N)cc3)cc2)cc1. The molecule has 0 aliphatic heterocycles. The maximum atomic E-state index is 12.5. The molecular weight excluding hydrogens is 522 g/mol. The molecule has 4 aromatic carbocycles. The molecule has 0 fully saturated rings. The molecule has 0 radical (unpaired) electrons. The monoisotopic (exact) mass is 559 g/mol. The smallest absolute Gasteiger partial charge is 0.140 e. The van der Waals surface area contributed by atoms with Crippen molar-refractivity contribution in [2.24, 2.45) is 0 Å². The summed E-state index contributed by atoms with van der Waals surface area (Å²) in [4.78, 5) is 4.05. The molecular formula is C35H37N5O2. The first kappa shape index (κ1) is 30.0. The fourth-order valence-corrected chi connectivity index (χ4v) is 4.87. The summed E-state index contributed by atoms with van der Waals surface area (Å²) in [5, 5.41) is 33.8. The van der Waals surface area contributed by atoms with Gasteiger partial charge in [-0.25, -0.2) is 0 Å². The highest BCUT2D eigenvalue weighted by Gasteiger charge is 2.34. The van der Waals surface area contributed by atoms with Gasteiger partial charge in [0, 0.05) is 49.9 Å². The van der Waals surface area contributed by atoms with E-state index in [0.29, 0.717) is 32.5 Å². The van der Waals surface area contributed by atoms with E-state index in [0.717, 1.165) is 45.2 Å². The van der Waals surface area contributed by atoms with Gasteiger partial charge in [-0.1, -0.05) is 36.4 Å². The number of nitrogens with one attached hydrogen (secondary N) is 1. The highest BCUT2D eigenvalue weighted by molar-refractivity contribution is 5.62. The Kier molecular flexibility index (Phi) is 10.1. The predicted molar refractivity (Wildman–Crippen MR) is 169 cm³/mol. The maximum absolute atomic E-state index is 12.5. The first-order valence-corrected chi connectivity index (χ1v) is 14.1. The Balaban J connectivity index is 1.66. The molecule has 0 aliphatic carbocycles. The van der Waals surface area contributed by atoms with Crippen LogP contribution in [0.15, 0.2) is 97.1 Å². The van der Waals surface area contributed by atoms with Gasteiger partial charge in [0.25, 0.3) is 0 Å². The molecule has 4 rings (SSSR count). The third kappa shape index (κ3) is 7.01. The third-order valence-electron chi connectivity index (χ3n) is 7.33. The minimum atomic E-state index is -1.41. The van der Waals surface area contributed by atoms with Gasteiger partial charge in [0.1, 0.15) is 11.4 Å². The molecule has 0 bridgehead atoms. The molecule has 0 spiro atoms. The second-order valence-electron chi connectivity index (χ2n) is 10.1. The topological polar surface area (TPSA) is 95.5 Å². The van der Waals surface area contributed by atoms with Crippen molar-refractivity contribution in [3.8, 4) is 17.9 Å². The fourth-order valence-electron chi connectivity index (χ4n) is 4.87. The number of nitriles is 2. The Labute approximate surface area is 248 Å². The summed E-state index contributed by atoms with van der Waals surface area (Å²) in [6.07, 6.45) is 0.878. The minimum absolute atomic E-state index is 0.439. The van der Waals surface area contributed by atoms with E-state index in [1.54, 1.807) is 0 Å². The second-order valence-corrected chi connectivity index (χ2v) is 10.1. The molecule has 0 atom stereocenters.